The minimum absolute atomic E-state index is 0.00458. The van der Waals surface area contributed by atoms with Crippen LogP contribution in [0.3, 0.4) is 0 Å². The number of alkyl carbamates (subject to hydrolysis) is 1. The average molecular weight is 549 g/mol. The zero-order valence-corrected chi connectivity index (χ0v) is 24.2. The highest BCUT2D eigenvalue weighted by Gasteiger charge is 2.39. The topological polar surface area (TPSA) is 157 Å². The average Bonchev–Trinajstić information content (AvgIpc) is 2.84. The molecule has 1 aromatic rings. The van der Waals surface area contributed by atoms with Crippen molar-refractivity contribution in [2.75, 3.05) is 13.2 Å². The van der Waals surface area contributed by atoms with Crippen molar-refractivity contribution in [2.45, 2.75) is 97.9 Å². The number of primary amides is 1. The molecule has 0 saturated carbocycles. The van der Waals surface area contributed by atoms with Crippen molar-refractivity contribution in [3.05, 3.63) is 35.4 Å². The maximum Gasteiger partial charge on any atom is 0.408 e. The van der Waals surface area contributed by atoms with Crippen molar-refractivity contribution in [3.63, 3.8) is 0 Å². The summed E-state index contributed by atoms with van der Waals surface area (Å²) in [5.41, 5.74) is 6.15. The summed E-state index contributed by atoms with van der Waals surface area (Å²) in [6, 6.07) is 4.32. The molecule has 0 aliphatic carbocycles. The van der Waals surface area contributed by atoms with Gasteiger partial charge in [-0.1, -0.05) is 38.1 Å². The third-order valence-corrected chi connectivity index (χ3v) is 5.88. The second-order valence-electron chi connectivity index (χ2n) is 10.2. The first-order valence-corrected chi connectivity index (χ1v) is 13.4. The van der Waals surface area contributed by atoms with Crippen molar-refractivity contribution >= 4 is 29.8 Å². The Balaban J connectivity index is 3.47. The first-order chi connectivity index (χ1) is 18.2. The molecule has 0 aliphatic heterocycles. The highest BCUT2D eigenvalue weighted by atomic mass is 16.6. The molecule has 0 heterocycles. The quantitative estimate of drug-likeness (QED) is 0.302. The van der Waals surface area contributed by atoms with E-state index in [9.17, 15) is 24.0 Å². The van der Waals surface area contributed by atoms with E-state index in [-0.39, 0.29) is 19.6 Å². The van der Waals surface area contributed by atoms with Crippen LogP contribution in [-0.4, -0.2) is 65.5 Å². The van der Waals surface area contributed by atoms with Crippen LogP contribution in [0.15, 0.2) is 24.3 Å². The molecular weight excluding hydrogens is 504 g/mol. The molecule has 4 amide bonds. The van der Waals surface area contributed by atoms with Gasteiger partial charge in [0, 0.05) is 12.6 Å². The van der Waals surface area contributed by atoms with Gasteiger partial charge in [0.2, 0.25) is 17.7 Å². The maximum atomic E-state index is 14.0. The van der Waals surface area contributed by atoms with Crippen LogP contribution in [0.5, 0.6) is 0 Å². The Bertz CT molecular complexity index is 989. The lowest BCUT2D eigenvalue weighted by molar-refractivity contribution is -0.146. The van der Waals surface area contributed by atoms with E-state index in [0.717, 1.165) is 12.0 Å². The minimum atomic E-state index is -1.36. The molecule has 39 heavy (non-hydrogen) atoms. The number of carbonyl (C=O) groups excluding carboxylic acids is 5. The predicted octanol–water partition coefficient (Wildman–Crippen LogP) is 2.76. The molecule has 0 spiro atoms. The number of ether oxygens (including phenoxy) is 2. The van der Waals surface area contributed by atoms with Gasteiger partial charge >= 0.3 is 12.1 Å². The first kappa shape index (κ1) is 33.4. The molecule has 1 rings (SSSR count). The van der Waals surface area contributed by atoms with Gasteiger partial charge < -0.3 is 30.7 Å². The van der Waals surface area contributed by atoms with Gasteiger partial charge in [-0.2, -0.15) is 0 Å². The largest absolute Gasteiger partial charge is 0.466 e. The van der Waals surface area contributed by atoms with Gasteiger partial charge in [-0.05, 0) is 58.6 Å². The number of nitrogens with one attached hydrogen (secondary N) is 2. The molecule has 0 radical (unpaired) electrons. The Morgan fingerprint density at radius 1 is 1.03 bits per heavy atom. The highest BCUT2D eigenvalue weighted by Crippen LogP contribution is 2.27. The van der Waals surface area contributed by atoms with Gasteiger partial charge in [-0.25, -0.2) is 4.79 Å². The fraction of sp³-hybridized carbons (Fsp3) is 0.607. The number of nitrogens with two attached hydrogens (primary N) is 1. The maximum absolute atomic E-state index is 14.0. The molecule has 218 valence electrons. The molecule has 0 aromatic heterocycles. The zero-order chi connectivity index (χ0) is 29.8. The van der Waals surface area contributed by atoms with E-state index in [0.29, 0.717) is 12.0 Å². The molecule has 0 fully saturated rings. The third kappa shape index (κ3) is 11.3. The number of amides is 4. The lowest BCUT2D eigenvalue weighted by Crippen LogP contribution is -2.56. The monoisotopic (exact) mass is 548 g/mol. The fourth-order valence-corrected chi connectivity index (χ4v) is 3.82. The van der Waals surface area contributed by atoms with Crippen LogP contribution in [-0.2, 0) is 35.1 Å². The summed E-state index contributed by atoms with van der Waals surface area (Å²) in [7, 11) is 0. The summed E-state index contributed by atoms with van der Waals surface area (Å²) in [6.07, 6.45) is -0.166. The first-order valence-electron chi connectivity index (χ1n) is 13.4. The van der Waals surface area contributed by atoms with Gasteiger partial charge in [-0.3, -0.25) is 19.2 Å². The molecule has 0 aliphatic rings. The number of hydrogen-bond donors (Lipinski definition) is 3. The van der Waals surface area contributed by atoms with E-state index < -0.39 is 59.9 Å². The fourth-order valence-electron chi connectivity index (χ4n) is 3.82. The van der Waals surface area contributed by atoms with E-state index >= 15 is 0 Å². The number of hydrogen-bond acceptors (Lipinski definition) is 7. The Hall–Kier alpha value is -3.63. The number of rotatable bonds is 14. The molecule has 0 bridgehead atoms. The van der Waals surface area contributed by atoms with E-state index in [1.54, 1.807) is 46.8 Å². The molecule has 1 aromatic carbocycles. The number of carbonyl (C=O) groups is 5. The summed E-state index contributed by atoms with van der Waals surface area (Å²) in [5.74, 6) is -2.46. The summed E-state index contributed by atoms with van der Waals surface area (Å²) in [5, 5.41) is 5.18. The molecule has 3 atom stereocenters. The zero-order valence-electron chi connectivity index (χ0n) is 24.2. The van der Waals surface area contributed by atoms with Crippen LogP contribution in [0.1, 0.15) is 84.9 Å². The highest BCUT2D eigenvalue weighted by molar-refractivity contribution is 5.94. The van der Waals surface area contributed by atoms with Crippen molar-refractivity contribution in [1.82, 2.24) is 15.5 Å². The predicted molar refractivity (Wildman–Crippen MR) is 146 cm³/mol. The Morgan fingerprint density at radius 2 is 1.64 bits per heavy atom. The van der Waals surface area contributed by atoms with Crippen LogP contribution in [0, 0.1) is 0 Å². The molecule has 11 heteroatoms. The van der Waals surface area contributed by atoms with Crippen LogP contribution in [0.2, 0.25) is 0 Å². The number of benzene rings is 1. The summed E-state index contributed by atoms with van der Waals surface area (Å²) < 4.78 is 10.2. The van der Waals surface area contributed by atoms with Crippen LogP contribution >= 0.6 is 0 Å². The van der Waals surface area contributed by atoms with Gasteiger partial charge in [-0.15, -0.1) is 0 Å². The van der Waals surface area contributed by atoms with Gasteiger partial charge in [0.1, 0.15) is 17.7 Å². The summed E-state index contributed by atoms with van der Waals surface area (Å²) >= 11 is 0. The van der Waals surface area contributed by atoms with Crippen molar-refractivity contribution < 1.29 is 33.4 Å². The van der Waals surface area contributed by atoms with Crippen LogP contribution in [0.4, 0.5) is 4.79 Å². The van der Waals surface area contributed by atoms with E-state index in [4.69, 9.17) is 15.2 Å². The molecule has 4 N–H and O–H groups in total. The number of esters is 1. The summed E-state index contributed by atoms with van der Waals surface area (Å²) in [4.78, 5) is 65.1. The van der Waals surface area contributed by atoms with Crippen LogP contribution in [0.25, 0.3) is 0 Å². The number of aryl methyl sites for hydroxylation is 1. The van der Waals surface area contributed by atoms with Gasteiger partial charge in [0.25, 0.3) is 0 Å². The second kappa shape index (κ2) is 15.7. The molecule has 0 saturated heterocycles. The van der Waals surface area contributed by atoms with Gasteiger partial charge in [0.15, 0.2) is 0 Å². The smallest absolute Gasteiger partial charge is 0.408 e. The summed E-state index contributed by atoms with van der Waals surface area (Å²) in [6.45, 7) is 12.5. The normalized spacial score (nSPS) is 13.4. The van der Waals surface area contributed by atoms with Crippen LogP contribution < -0.4 is 16.4 Å². The second-order valence-corrected chi connectivity index (χ2v) is 10.2. The van der Waals surface area contributed by atoms with Crippen molar-refractivity contribution in [2.24, 2.45) is 5.73 Å². The Labute approximate surface area is 231 Å². The lowest BCUT2D eigenvalue weighted by atomic mass is 9.98. The molecular formula is C28H44N4O7. The third-order valence-electron chi connectivity index (χ3n) is 5.88. The minimum Gasteiger partial charge on any atom is -0.466 e. The number of nitrogens with zero attached hydrogens (tertiary/aromatic N) is 1. The standard InChI is InChI=1S/C28H44N4O7/c1-8-18(4)32(26(36)21(17-22(29)33)31-27(37)39-28(5,6)7)24(20-13-11-19(9-2)12-14-20)25(35)30-16-15-23(34)38-10-3/h11-14,18,21,24H,8-10,15-17H2,1-7H3,(H2,29,33)(H,30,35)(H,31,37). The van der Waals surface area contributed by atoms with Crippen molar-refractivity contribution in [3.8, 4) is 0 Å². The Morgan fingerprint density at radius 3 is 2.13 bits per heavy atom. The van der Waals surface area contributed by atoms with E-state index in [1.807, 2.05) is 26.0 Å². The van der Waals surface area contributed by atoms with E-state index in [2.05, 4.69) is 10.6 Å². The van der Waals surface area contributed by atoms with Crippen molar-refractivity contribution in [1.29, 1.82) is 0 Å². The van der Waals surface area contributed by atoms with Gasteiger partial charge in [0.05, 0.1) is 19.4 Å². The SMILES string of the molecule is CCOC(=O)CCNC(=O)C(c1ccc(CC)cc1)N(C(=O)C(CC(N)=O)NC(=O)OC(C)(C)C)C(C)CC. The molecule has 11 nitrogen and oxygen atoms in total. The lowest BCUT2D eigenvalue weighted by Gasteiger charge is -2.38. The Kier molecular flexibility index (Phi) is 13.4. The van der Waals surface area contributed by atoms with E-state index in [1.165, 1.54) is 4.90 Å². The molecule has 3 unspecified atom stereocenters.